The summed E-state index contributed by atoms with van der Waals surface area (Å²) < 4.78 is 0. The van der Waals surface area contributed by atoms with Gasteiger partial charge in [-0.3, -0.25) is 38.8 Å². The predicted octanol–water partition coefficient (Wildman–Crippen LogP) is 14.5. The number of ketones is 4. The fraction of sp³-hybridized carbons (Fsp3) is 0.188. The number of aromatic nitrogens is 2. The van der Waals surface area contributed by atoms with Crippen molar-refractivity contribution in [1.82, 2.24) is 9.97 Å². The average molecular weight is 973 g/mol. The third-order valence-corrected chi connectivity index (χ3v) is 14.6. The summed E-state index contributed by atoms with van der Waals surface area (Å²) in [7, 11) is 0. The first-order valence-electron chi connectivity index (χ1n) is 25.0. The van der Waals surface area contributed by atoms with Gasteiger partial charge in [0.2, 0.25) is 0 Å². The van der Waals surface area contributed by atoms with Gasteiger partial charge in [-0.2, -0.15) is 0 Å². The molecule has 0 N–H and O–H groups in total. The van der Waals surface area contributed by atoms with Crippen LogP contribution >= 0.6 is 0 Å². The highest BCUT2D eigenvalue weighted by atomic mass is 16.2. The van der Waals surface area contributed by atoms with Gasteiger partial charge in [0.05, 0.1) is 33.9 Å². The zero-order valence-corrected chi connectivity index (χ0v) is 43.9. The van der Waals surface area contributed by atoms with Gasteiger partial charge in [0.25, 0.3) is 0 Å². The van der Waals surface area contributed by atoms with Crippen LogP contribution in [-0.4, -0.2) is 33.1 Å². The molecule has 366 valence electrons. The number of hydrogen-bond acceptors (Lipinski definition) is 10. The molecule has 0 amide bonds. The van der Waals surface area contributed by atoms with Crippen LogP contribution < -0.4 is 19.6 Å². The number of carbonyl (C=O) groups excluding carboxylic acids is 4. The molecule has 6 aromatic carbocycles. The van der Waals surface area contributed by atoms with Crippen LogP contribution in [-0.2, 0) is 0 Å². The summed E-state index contributed by atoms with van der Waals surface area (Å²) in [4.78, 5) is 76.6. The number of allylic oxidation sites excluding steroid dienone is 6. The maximum Gasteiger partial charge on any atom is 0.197 e. The van der Waals surface area contributed by atoms with E-state index in [-0.39, 0.29) is 34.3 Å². The summed E-state index contributed by atoms with van der Waals surface area (Å²) in [6.45, 7) is 25.0. The van der Waals surface area contributed by atoms with Crippen LogP contribution in [0.2, 0.25) is 0 Å². The number of rotatable bonds is 6. The van der Waals surface area contributed by atoms with Gasteiger partial charge in [-0.15, -0.1) is 0 Å². The van der Waals surface area contributed by atoms with Gasteiger partial charge in [0.1, 0.15) is 11.6 Å². The van der Waals surface area contributed by atoms with Gasteiger partial charge in [0.15, 0.2) is 46.4 Å². The molecule has 0 saturated heterocycles. The number of aryl methyl sites for hydroxylation is 12. The van der Waals surface area contributed by atoms with E-state index in [1.807, 2.05) is 12.2 Å². The number of Topliss-reactive ketones (excluding diaryl/α,β-unsaturated/α-hetero) is 4. The topological polar surface area (TPSA) is 107 Å². The lowest BCUT2D eigenvalue weighted by Gasteiger charge is -2.30. The summed E-state index contributed by atoms with van der Waals surface area (Å²) in [5.41, 5.74) is 17.5. The maximum absolute atomic E-state index is 14.1. The van der Waals surface area contributed by atoms with Crippen LogP contribution in [0.5, 0.6) is 0 Å². The van der Waals surface area contributed by atoms with Crippen molar-refractivity contribution in [3.05, 3.63) is 233 Å². The SMILES string of the molecule is Cc1cc(C)c(N2C(=CC=C3C(=O)c4ccccc4C3=O)N(c3c(C)cc(C)cc3C)c3nc4c(nc32)N(c2c(C)cc(C)cc2C)C(=CC=C2C(=O)c3ccccc3C2=O)N4c2c(C)cc(C)cc2C)c(C)c1. The molecule has 0 fully saturated rings. The lowest BCUT2D eigenvalue weighted by Crippen LogP contribution is -2.26. The molecule has 0 unspecified atom stereocenters. The third kappa shape index (κ3) is 7.30. The fourth-order valence-electron chi connectivity index (χ4n) is 12.1. The number of carbonyl (C=O) groups is 4. The maximum atomic E-state index is 14.1. The Balaban J connectivity index is 1.26. The Kier molecular flexibility index (Phi) is 11.2. The first-order valence-corrected chi connectivity index (χ1v) is 25.0. The van der Waals surface area contributed by atoms with Crippen molar-refractivity contribution in [2.45, 2.75) is 83.1 Å². The highest BCUT2D eigenvalue weighted by molar-refractivity contribution is 6.40. The second-order valence-corrected chi connectivity index (χ2v) is 20.5. The summed E-state index contributed by atoms with van der Waals surface area (Å²) in [6, 6.07) is 31.1. The lowest BCUT2D eigenvalue weighted by molar-refractivity contribution is 0.0973. The highest BCUT2D eigenvalue weighted by Crippen LogP contribution is 2.58. The Hall–Kier alpha value is -8.76. The van der Waals surface area contributed by atoms with Crippen molar-refractivity contribution in [2.75, 3.05) is 19.6 Å². The Morgan fingerprint density at radius 1 is 0.311 bits per heavy atom. The zero-order valence-electron chi connectivity index (χ0n) is 43.9. The van der Waals surface area contributed by atoms with Gasteiger partial charge >= 0.3 is 0 Å². The van der Waals surface area contributed by atoms with Crippen molar-refractivity contribution >= 4 is 69.2 Å². The smallest absolute Gasteiger partial charge is 0.197 e. The van der Waals surface area contributed by atoms with E-state index in [1.165, 1.54) is 0 Å². The number of benzene rings is 6. The molecule has 0 spiro atoms. The molecular formula is C64H56N6O4. The Bertz CT molecular complexity index is 3300. The molecule has 2 aliphatic carbocycles. The summed E-state index contributed by atoms with van der Waals surface area (Å²) >= 11 is 0. The molecule has 0 saturated carbocycles. The minimum Gasteiger partial charge on any atom is -0.288 e. The van der Waals surface area contributed by atoms with Crippen molar-refractivity contribution in [1.29, 1.82) is 0 Å². The zero-order chi connectivity index (χ0) is 52.3. The number of nitrogens with zero attached hydrogens (tertiary/aromatic N) is 6. The van der Waals surface area contributed by atoms with E-state index in [1.54, 1.807) is 60.7 Å². The van der Waals surface area contributed by atoms with Crippen LogP contribution in [0.4, 0.5) is 46.0 Å². The Morgan fingerprint density at radius 2 is 0.514 bits per heavy atom. The number of hydrogen-bond donors (Lipinski definition) is 0. The Labute approximate surface area is 432 Å². The standard InChI is InChI=1S/C64H56N6O4/c1-33-25-37(5)53(38(6)26-33)67-51(23-21-49-57(71)45-17-13-14-18-46(45)58(49)72)68(54-39(7)27-34(2)28-40(54)8)62-61(67)65-63-64(66-62)70(56-43(11)31-36(4)32-44(56)12)52(69(63)55-41(9)29-35(3)30-42(55)10)24-22-50-59(73)47-19-15-16-20-48(47)60(50)74/h13-32H,1-12H3. The first-order chi connectivity index (χ1) is 35.3. The Morgan fingerprint density at radius 3 is 0.716 bits per heavy atom. The lowest BCUT2D eigenvalue weighted by atomic mass is 10.0. The molecular weight excluding hydrogens is 917 g/mol. The second-order valence-electron chi connectivity index (χ2n) is 20.5. The normalized spacial score (nSPS) is 14.6. The van der Waals surface area contributed by atoms with E-state index in [2.05, 4.69) is 151 Å². The molecule has 4 aliphatic rings. The van der Waals surface area contributed by atoms with Crippen LogP contribution in [0.1, 0.15) is 108 Å². The van der Waals surface area contributed by atoms with Crippen molar-refractivity contribution in [3.8, 4) is 0 Å². The molecule has 3 heterocycles. The monoisotopic (exact) mass is 972 g/mol. The van der Waals surface area contributed by atoms with E-state index < -0.39 is 0 Å². The largest absolute Gasteiger partial charge is 0.288 e. The molecule has 7 aromatic rings. The molecule has 74 heavy (non-hydrogen) atoms. The summed E-state index contributed by atoms with van der Waals surface area (Å²) in [5.74, 6) is 2.05. The van der Waals surface area contributed by atoms with Gasteiger partial charge < -0.3 is 0 Å². The van der Waals surface area contributed by atoms with E-state index >= 15 is 0 Å². The van der Waals surface area contributed by atoms with Gasteiger partial charge in [0, 0.05) is 22.3 Å². The molecule has 0 atom stereocenters. The quantitative estimate of drug-likeness (QED) is 0.118. The average Bonchev–Trinajstić information content (AvgIpc) is 3.97. The summed E-state index contributed by atoms with van der Waals surface area (Å²) in [6.07, 6.45) is 7.05. The molecule has 11 rings (SSSR count). The third-order valence-electron chi connectivity index (χ3n) is 14.6. The van der Waals surface area contributed by atoms with E-state index in [0.29, 0.717) is 57.2 Å². The molecule has 10 nitrogen and oxygen atoms in total. The van der Waals surface area contributed by atoms with Gasteiger partial charge in [-0.25, -0.2) is 9.97 Å². The summed E-state index contributed by atoms with van der Waals surface area (Å²) in [5, 5.41) is 0. The minimum atomic E-state index is -0.324. The highest BCUT2D eigenvalue weighted by Gasteiger charge is 2.46. The fourth-order valence-corrected chi connectivity index (χ4v) is 12.1. The van der Waals surface area contributed by atoms with Crippen LogP contribution in [0.3, 0.4) is 0 Å². The van der Waals surface area contributed by atoms with E-state index in [9.17, 15) is 19.2 Å². The van der Waals surface area contributed by atoms with Gasteiger partial charge in [-0.1, -0.05) is 119 Å². The molecule has 0 radical (unpaired) electrons. The van der Waals surface area contributed by atoms with Crippen LogP contribution in [0.25, 0.3) is 0 Å². The molecule has 10 heteroatoms. The molecule has 1 aromatic heterocycles. The van der Waals surface area contributed by atoms with Gasteiger partial charge in [-0.05, 0) is 152 Å². The molecule has 2 aliphatic heterocycles. The predicted molar refractivity (Wildman–Crippen MR) is 296 cm³/mol. The minimum absolute atomic E-state index is 0.0758. The second kappa shape index (κ2) is 17.5. The van der Waals surface area contributed by atoms with E-state index in [0.717, 1.165) is 89.5 Å². The number of fused-ring (bicyclic) bond motifs is 4. The van der Waals surface area contributed by atoms with Crippen LogP contribution in [0.15, 0.2) is 144 Å². The first kappa shape index (κ1) is 47.6. The number of anilines is 8. The van der Waals surface area contributed by atoms with Crippen molar-refractivity contribution in [3.63, 3.8) is 0 Å². The van der Waals surface area contributed by atoms with E-state index in [4.69, 9.17) is 9.97 Å². The van der Waals surface area contributed by atoms with Crippen LogP contribution in [0, 0.1) is 83.1 Å². The van der Waals surface area contributed by atoms with Crippen molar-refractivity contribution in [2.24, 2.45) is 0 Å². The van der Waals surface area contributed by atoms with Crippen molar-refractivity contribution < 1.29 is 19.2 Å². The molecule has 0 bridgehead atoms.